The summed E-state index contributed by atoms with van der Waals surface area (Å²) >= 11 is 0. The Labute approximate surface area is 177 Å². The normalized spacial score (nSPS) is 18.6. The van der Waals surface area contributed by atoms with Gasteiger partial charge in [0.2, 0.25) is 5.78 Å². The maximum atomic E-state index is 13.2. The Kier molecular flexibility index (Phi) is 6.67. The van der Waals surface area contributed by atoms with E-state index in [0.717, 1.165) is 18.5 Å². The van der Waals surface area contributed by atoms with Crippen molar-refractivity contribution in [3.63, 3.8) is 0 Å². The van der Waals surface area contributed by atoms with Gasteiger partial charge in [-0.2, -0.15) is 0 Å². The summed E-state index contributed by atoms with van der Waals surface area (Å²) in [5.41, 5.74) is 2.35. The third-order valence-corrected chi connectivity index (χ3v) is 5.47. The van der Waals surface area contributed by atoms with Crippen LogP contribution >= 0.6 is 0 Å². The fourth-order valence-corrected chi connectivity index (χ4v) is 3.77. The van der Waals surface area contributed by atoms with Crippen molar-refractivity contribution in [3.05, 3.63) is 71.1 Å². The number of carbonyl (C=O) groups is 2. The van der Waals surface area contributed by atoms with Crippen molar-refractivity contribution in [2.45, 2.75) is 32.2 Å². The summed E-state index contributed by atoms with van der Waals surface area (Å²) in [5, 5.41) is 13.2. The molecule has 1 atom stereocenters. The van der Waals surface area contributed by atoms with E-state index in [9.17, 15) is 14.7 Å². The molecular formula is C24H29N3O3. The predicted octanol–water partition coefficient (Wildman–Crippen LogP) is 0.964. The molecule has 1 amide bonds. The fraction of sp³-hybridized carbons (Fsp3) is 0.375. The first-order valence-corrected chi connectivity index (χ1v) is 10.4. The minimum absolute atomic E-state index is 0.0284. The van der Waals surface area contributed by atoms with Gasteiger partial charge in [-0.1, -0.05) is 43.9 Å². The molecule has 6 nitrogen and oxygen atoms in total. The molecule has 30 heavy (non-hydrogen) atoms. The number of hydrogen-bond acceptors (Lipinski definition) is 4. The standard InChI is InChI=1S/C24H29N3O3/c1-16(2)17-6-8-18(9-7-17)21-20(22(28)19-10-12-25-13-11-19)23(29)24(30)27(21)15-5-14-26(3)4/h6-13,16,21,28H,5,14-15H2,1-4H3. The molecule has 1 unspecified atom stereocenters. The fourth-order valence-electron chi connectivity index (χ4n) is 3.77. The Morgan fingerprint density at radius 3 is 2.30 bits per heavy atom. The van der Waals surface area contributed by atoms with Gasteiger partial charge in [0.15, 0.2) is 0 Å². The average Bonchev–Trinajstić information content (AvgIpc) is 2.98. The van der Waals surface area contributed by atoms with Gasteiger partial charge in [0.05, 0.1) is 26.7 Å². The molecule has 6 heteroatoms. The van der Waals surface area contributed by atoms with Gasteiger partial charge in [0, 0.05) is 30.9 Å². The summed E-state index contributed by atoms with van der Waals surface area (Å²) < 4.78 is 0. The lowest BCUT2D eigenvalue weighted by atomic mass is 9.93. The Bertz CT molecular complexity index is 934. The van der Waals surface area contributed by atoms with E-state index in [1.165, 1.54) is 22.9 Å². The summed E-state index contributed by atoms with van der Waals surface area (Å²) in [6, 6.07) is 10.3. The van der Waals surface area contributed by atoms with Crippen LogP contribution in [0.1, 0.15) is 48.9 Å². The van der Waals surface area contributed by atoms with Crippen LogP contribution in [0.25, 0.3) is 5.76 Å². The summed E-state index contributed by atoms with van der Waals surface area (Å²) in [4.78, 5) is 32.6. The van der Waals surface area contributed by atoms with Gasteiger partial charge in [-0.05, 0) is 34.7 Å². The second-order valence-electron chi connectivity index (χ2n) is 8.34. The van der Waals surface area contributed by atoms with E-state index in [2.05, 4.69) is 18.8 Å². The Hall–Kier alpha value is -2.99. The van der Waals surface area contributed by atoms with Gasteiger partial charge in [0.25, 0.3) is 5.91 Å². The zero-order valence-electron chi connectivity index (χ0n) is 18.0. The second kappa shape index (κ2) is 9.22. The molecule has 1 aromatic heterocycles. The van der Waals surface area contributed by atoms with Crippen LogP contribution in [0.15, 0.2) is 54.4 Å². The average molecular weight is 408 g/mol. The van der Waals surface area contributed by atoms with Gasteiger partial charge < -0.3 is 14.9 Å². The van der Waals surface area contributed by atoms with Crippen molar-refractivity contribution in [1.82, 2.24) is 9.88 Å². The van der Waals surface area contributed by atoms with E-state index in [4.69, 9.17) is 0 Å². The number of carbonyl (C=O) groups excluding carboxylic acids is 2. The number of ketones is 1. The van der Waals surface area contributed by atoms with Crippen molar-refractivity contribution in [2.75, 3.05) is 27.2 Å². The molecule has 3 rings (SSSR count). The molecule has 0 spiro atoms. The quantitative estimate of drug-likeness (QED) is 0.421. The van der Waals surface area contributed by atoms with Crippen molar-refractivity contribution in [3.8, 4) is 0 Å². The monoisotopic (exact) mass is 407 g/mol. The van der Waals surface area contributed by atoms with Gasteiger partial charge in [0.1, 0.15) is 0 Å². The zero-order chi connectivity index (χ0) is 21.8. The SMILES string of the molecule is CC(C)c1ccc(C2C(=C([O-])c3ccncc3)C(=O)C(=O)N2CCC[NH+](C)C)cc1. The van der Waals surface area contributed by atoms with E-state index in [-0.39, 0.29) is 5.57 Å². The predicted molar refractivity (Wildman–Crippen MR) is 113 cm³/mol. The van der Waals surface area contributed by atoms with Crippen molar-refractivity contribution >= 4 is 17.4 Å². The topological polar surface area (TPSA) is 77.8 Å². The van der Waals surface area contributed by atoms with Gasteiger partial charge in [-0.25, -0.2) is 0 Å². The molecule has 0 bridgehead atoms. The van der Waals surface area contributed by atoms with Crippen LogP contribution in [-0.2, 0) is 9.59 Å². The lowest BCUT2D eigenvalue weighted by molar-refractivity contribution is -0.858. The van der Waals surface area contributed by atoms with Crippen LogP contribution in [0.5, 0.6) is 0 Å². The first-order valence-electron chi connectivity index (χ1n) is 10.4. The molecule has 1 aromatic carbocycles. The summed E-state index contributed by atoms with van der Waals surface area (Å²) in [5.74, 6) is -1.34. The molecule has 1 aliphatic rings. The van der Waals surface area contributed by atoms with E-state index < -0.39 is 23.5 Å². The number of nitrogens with zero attached hydrogens (tertiary/aromatic N) is 2. The van der Waals surface area contributed by atoms with Gasteiger partial charge in [-0.15, -0.1) is 0 Å². The van der Waals surface area contributed by atoms with Crippen LogP contribution < -0.4 is 10.0 Å². The maximum absolute atomic E-state index is 13.2. The van der Waals surface area contributed by atoms with E-state index in [1.54, 1.807) is 17.0 Å². The number of nitrogens with one attached hydrogen (secondary N) is 1. The number of quaternary nitrogens is 1. The molecule has 0 saturated carbocycles. The van der Waals surface area contributed by atoms with Gasteiger partial charge >= 0.3 is 0 Å². The molecule has 1 aliphatic heterocycles. The van der Waals surface area contributed by atoms with Crippen molar-refractivity contribution in [1.29, 1.82) is 0 Å². The summed E-state index contributed by atoms with van der Waals surface area (Å²) in [7, 11) is 4.09. The lowest BCUT2D eigenvalue weighted by Crippen LogP contribution is -3.05. The Balaban J connectivity index is 2.07. The number of benzene rings is 1. The number of hydrogen-bond donors (Lipinski definition) is 1. The number of pyridine rings is 1. The highest BCUT2D eigenvalue weighted by Crippen LogP contribution is 2.38. The minimum Gasteiger partial charge on any atom is -0.872 e. The number of aromatic nitrogens is 1. The maximum Gasteiger partial charge on any atom is 0.295 e. The minimum atomic E-state index is -0.702. The molecule has 1 fully saturated rings. The molecule has 1 N–H and O–H groups in total. The first kappa shape index (κ1) is 21.7. The third kappa shape index (κ3) is 4.44. The number of likely N-dealkylation sites (tertiary alicyclic amines) is 1. The Morgan fingerprint density at radius 2 is 1.73 bits per heavy atom. The summed E-state index contributed by atoms with van der Waals surface area (Å²) in [6.07, 6.45) is 3.77. The van der Waals surface area contributed by atoms with Crippen LogP contribution in [0.4, 0.5) is 0 Å². The molecular weight excluding hydrogens is 378 g/mol. The van der Waals surface area contributed by atoms with Crippen LogP contribution in [0.2, 0.25) is 0 Å². The van der Waals surface area contributed by atoms with Crippen molar-refractivity contribution in [2.24, 2.45) is 0 Å². The molecule has 0 aliphatic carbocycles. The van der Waals surface area contributed by atoms with Crippen LogP contribution in [0, 0.1) is 0 Å². The molecule has 2 aromatic rings. The van der Waals surface area contributed by atoms with Crippen molar-refractivity contribution < 1.29 is 19.6 Å². The number of amides is 1. The highest BCUT2D eigenvalue weighted by atomic mass is 16.3. The van der Waals surface area contributed by atoms with Crippen LogP contribution in [0.3, 0.4) is 0 Å². The van der Waals surface area contributed by atoms with Gasteiger partial charge in [-0.3, -0.25) is 14.6 Å². The number of rotatable bonds is 7. The van der Waals surface area contributed by atoms with E-state index in [0.29, 0.717) is 18.0 Å². The van der Waals surface area contributed by atoms with E-state index >= 15 is 0 Å². The largest absolute Gasteiger partial charge is 0.872 e. The third-order valence-electron chi connectivity index (χ3n) is 5.47. The highest BCUT2D eigenvalue weighted by Gasteiger charge is 2.43. The second-order valence-corrected chi connectivity index (χ2v) is 8.34. The smallest absolute Gasteiger partial charge is 0.295 e. The van der Waals surface area contributed by atoms with Crippen LogP contribution in [-0.4, -0.2) is 48.8 Å². The number of Topliss-reactive ketones (excluding diaryl/α,β-unsaturated/α-hetero) is 1. The summed E-state index contributed by atoms with van der Waals surface area (Å²) in [6.45, 7) is 5.51. The lowest BCUT2D eigenvalue weighted by Gasteiger charge is -2.28. The first-order chi connectivity index (χ1) is 14.3. The zero-order valence-corrected chi connectivity index (χ0v) is 18.0. The molecule has 158 valence electrons. The molecule has 2 heterocycles. The molecule has 0 radical (unpaired) electrons. The highest BCUT2D eigenvalue weighted by molar-refractivity contribution is 6.46. The van der Waals surface area contributed by atoms with E-state index in [1.807, 2.05) is 38.4 Å². The molecule has 1 saturated heterocycles. The Morgan fingerprint density at radius 1 is 1.10 bits per heavy atom.